The zero-order chi connectivity index (χ0) is 13.2. The molecule has 18 heavy (non-hydrogen) atoms. The summed E-state index contributed by atoms with van der Waals surface area (Å²) in [5.74, 6) is 1.44. The van der Waals surface area contributed by atoms with E-state index in [-0.39, 0.29) is 5.91 Å². The van der Waals surface area contributed by atoms with Crippen molar-refractivity contribution in [3.05, 3.63) is 0 Å². The molecule has 0 spiro atoms. The van der Waals surface area contributed by atoms with Crippen molar-refractivity contribution in [1.82, 2.24) is 15.1 Å². The van der Waals surface area contributed by atoms with E-state index in [1.807, 2.05) is 18.7 Å². The van der Waals surface area contributed by atoms with Gasteiger partial charge in [0, 0.05) is 61.6 Å². The van der Waals surface area contributed by atoms with Crippen molar-refractivity contribution in [2.75, 3.05) is 50.8 Å². The van der Waals surface area contributed by atoms with Crippen LogP contribution in [0.2, 0.25) is 0 Å². The summed E-state index contributed by atoms with van der Waals surface area (Å²) in [6.45, 7) is 9.01. The molecule has 2 heterocycles. The summed E-state index contributed by atoms with van der Waals surface area (Å²) < 4.78 is 11.3. The molecule has 5 nitrogen and oxygen atoms in total. The number of nitrogens with one attached hydrogen (secondary N) is 1. The largest absolute Gasteiger partial charge is 0.339 e. The molecule has 0 radical (unpaired) electrons. The van der Waals surface area contributed by atoms with Crippen molar-refractivity contribution in [2.24, 2.45) is 0 Å². The molecule has 2 aliphatic rings. The van der Waals surface area contributed by atoms with Gasteiger partial charge in [-0.3, -0.25) is 13.9 Å². The number of rotatable bonds is 2. The summed E-state index contributed by atoms with van der Waals surface area (Å²) >= 11 is 0. The van der Waals surface area contributed by atoms with Crippen LogP contribution in [0.3, 0.4) is 0 Å². The Labute approximate surface area is 111 Å². The normalized spacial score (nSPS) is 24.2. The molecule has 0 unspecified atom stereocenters. The molecule has 1 N–H and O–H groups in total. The standard InChI is InChI=1S/C12H23N3O2S/c1-12(2,15-5-3-13-4-6-15)11(16)14-7-9-18(17)10-8-14/h13H,3-10H2,1-2H3. The molecule has 0 aromatic heterocycles. The van der Waals surface area contributed by atoms with Gasteiger partial charge < -0.3 is 10.2 Å². The number of amides is 1. The quantitative estimate of drug-likeness (QED) is 0.720. The molecule has 0 aromatic carbocycles. The van der Waals surface area contributed by atoms with Crippen LogP contribution in [-0.4, -0.2) is 76.2 Å². The van der Waals surface area contributed by atoms with Crippen LogP contribution >= 0.6 is 0 Å². The van der Waals surface area contributed by atoms with Gasteiger partial charge in [-0.1, -0.05) is 0 Å². The van der Waals surface area contributed by atoms with Gasteiger partial charge in [0.05, 0.1) is 5.54 Å². The van der Waals surface area contributed by atoms with Gasteiger partial charge in [0.1, 0.15) is 0 Å². The average Bonchev–Trinajstić information content (AvgIpc) is 2.40. The maximum Gasteiger partial charge on any atom is 0.242 e. The van der Waals surface area contributed by atoms with Crippen molar-refractivity contribution in [3.63, 3.8) is 0 Å². The Morgan fingerprint density at radius 2 is 1.67 bits per heavy atom. The van der Waals surface area contributed by atoms with Crippen molar-refractivity contribution in [3.8, 4) is 0 Å². The fourth-order valence-electron chi connectivity index (χ4n) is 2.59. The molecular weight excluding hydrogens is 250 g/mol. The van der Waals surface area contributed by atoms with E-state index in [2.05, 4.69) is 10.2 Å². The van der Waals surface area contributed by atoms with E-state index >= 15 is 0 Å². The third kappa shape index (κ3) is 2.92. The Balaban J connectivity index is 1.99. The van der Waals surface area contributed by atoms with E-state index in [0.717, 1.165) is 26.2 Å². The first-order valence-corrected chi connectivity index (χ1v) is 8.11. The number of hydrogen-bond donors (Lipinski definition) is 1. The first-order chi connectivity index (χ1) is 8.51. The Bertz CT molecular complexity index is 330. The molecule has 6 heteroatoms. The molecule has 104 valence electrons. The summed E-state index contributed by atoms with van der Waals surface area (Å²) in [6.07, 6.45) is 0. The lowest BCUT2D eigenvalue weighted by atomic mass is 9.99. The van der Waals surface area contributed by atoms with Crippen LogP contribution < -0.4 is 5.32 Å². The van der Waals surface area contributed by atoms with Crippen molar-refractivity contribution >= 4 is 16.7 Å². The van der Waals surface area contributed by atoms with Crippen molar-refractivity contribution in [1.29, 1.82) is 0 Å². The summed E-state index contributed by atoms with van der Waals surface area (Å²) in [7, 11) is -0.726. The van der Waals surface area contributed by atoms with Crippen LogP contribution in [0.25, 0.3) is 0 Å². The number of carbonyl (C=O) groups is 1. The predicted octanol–water partition coefficient (Wildman–Crippen LogP) is -0.739. The van der Waals surface area contributed by atoms with Gasteiger partial charge >= 0.3 is 0 Å². The van der Waals surface area contributed by atoms with Gasteiger partial charge in [-0.15, -0.1) is 0 Å². The molecule has 2 rings (SSSR count). The molecule has 0 aliphatic carbocycles. The summed E-state index contributed by atoms with van der Waals surface area (Å²) in [5.41, 5.74) is -0.444. The zero-order valence-electron chi connectivity index (χ0n) is 11.3. The van der Waals surface area contributed by atoms with Crippen LogP contribution in [0.4, 0.5) is 0 Å². The lowest BCUT2D eigenvalue weighted by Gasteiger charge is -2.43. The highest BCUT2D eigenvalue weighted by atomic mass is 32.2. The lowest BCUT2D eigenvalue weighted by molar-refractivity contribution is -0.142. The number of hydrogen-bond acceptors (Lipinski definition) is 4. The number of nitrogens with zero attached hydrogens (tertiary/aromatic N) is 2. The second-order valence-electron chi connectivity index (χ2n) is 5.44. The number of piperazine rings is 1. The van der Waals surface area contributed by atoms with E-state index in [0.29, 0.717) is 24.6 Å². The summed E-state index contributed by atoms with van der Waals surface area (Å²) in [5, 5.41) is 3.30. The fraction of sp³-hybridized carbons (Fsp3) is 0.917. The summed E-state index contributed by atoms with van der Waals surface area (Å²) in [4.78, 5) is 16.7. The maximum absolute atomic E-state index is 12.6. The Morgan fingerprint density at radius 1 is 1.11 bits per heavy atom. The van der Waals surface area contributed by atoms with Gasteiger partial charge in [0.15, 0.2) is 0 Å². The van der Waals surface area contributed by atoms with Crippen LogP contribution in [0, 0.1) is 0 Å². The van der Waals surface area contributed by atoms with Gasteiger partial charge in [0.25, 0.3) is 0 Å². The highest BCUT2D eigenvalue weighted by Crippen LogP contribution is 2.19. The third-order valence-electron chi connectivity index (χ3n) is 3.90. The SMILES string of the molecule is CC(C)(C(=O)N1CCS(=O)CC1)N1CCNCC1. The molecule has 0 aromatic rings. The number of carbonyl (C=O) groups excluding carboxylic acids is 1. The third-order valence-corrected chi connectivity index (χ3v) is 5.17. The fourth-order valence-corrected chi connectivity index (χ4v) is 3.64. The van der Waals surface area contributed by atoms with E-state index in [9.17, 15) is 9.00 Å². The van der Waals surface area contributed by atoms with Crippen LogP contribution in [0.15, 0.2) is 0 Å². The van der Waals surface area contributed by atoms with E-state index in [4.69, 9.17) is 0 Å². The van der Waals surface area contributed by atoms with E-state index < -0.39 is 16.3 Å². The van der Waals surface area contributed by atoms with Crippen LogP contribution in [0.5, 0.6) is 0 Å². The van der Waals surface area contributed by atoms with Gasteiger partial charge in [-0.2, -0.15) is 0 Å². The van der Waals surface area contributed by atoms with E-state index in [1.165, 1.54) is 0 Å². The molecule has 2 saturated heterocycles. The molecular formula is C12H23N3O2S. The molecule has 1 amide bonds. The Kier molecular flexibility index (Phi) is 4.40. The second-order valence-corrected chi connectivity index (χ2v) is 7.13. The zero-order valence-corrected chi connectivity index (χ0v) is 12.1. The molecule has 2 fully saturated rings. The van der Waals surface area contributed by atoms with Crippen molar-refractivity contribution < 1.29 is 9.00 Å². The maximum atomic E-state index is 12.6. The monoisotopic (exact) mass is 273 g/mol. The van der Waals surface area contributed by atoms with E-state index in [1.54, 1.807) is 0 Å². The Morgan fingerprint density at radius 3 is 2.22 bits per heavy atom. The van der Waals surface area contributed by atoms with Crippen LogP contribution in [0.1, 0.15) is 13.8 Å². The van der Waals surface area contributed by atoms with Gasteiger partial charge in [-0.25, -0.2) is 0 Å². The molecule has 0 saturated carbocycles. The lowest BCUT2D eigenvalue weighted by Crippen LogP contribution is -2.61. The Hall–Kier alpha value is -0.460. The van der Waals surface area contributed by atoms with Gasteiger partial charge in [-0.05, 0) is 13.8 Å². The minimum atomic E-state index is -0.726. The molecule has 2 aliphatic heterocycles. The predicted molar refractivity (Wildman–Crippen MR) is 73.0 cm³/mol. The second kappa shape index (κ2) is 5.67. The molecule has 0 atom stereocenters. The highest BCUT2D eigenvalue weighted by molar-refractivity contribution is 7.85. The average molecular weight is 273 g/mol. The highest BCUT2D eigenvalue weighted by Gasteiger charge is 2.38. The minimum absolute atomic E-state index is 0.182. The van der Waals surface area contributed by atoms with Crippen molar-refractivity contribution in [2.45, 2.75) is 19.4 Å². The topological polar surface area (TPSA) is 52.7 Å². The van der Waals surface area contributed by atoms with Gasteiger partial charge in [0.2, 0.25) is 5.91 Å². The summed E-state index contributed by atoms with van der Waals surface area (Å²) in [6, 6.07) is 0. The van der Waals surface area contributed by atoms with Crippen LogP contribution in [-0.2, 0) is 15.6 Å². The smallest absolute Gasteiger partial charge is 0.242 e. The minimum Gasteiger partial charge on any atom is -0.339 e. The molecule has 0 bridgehead atoms. The first-order valence-electron chi connectivity index (χ1n) is 6.62. The first kappa shape index (κ1) is 14.0.